The summed E-state index contributed by atoms with van der Waals surface area (Å²) in [5, 5.41) is 34.7. The average molecular weight is 824 g/mol. The highest BCUT2D eigenvalue weighted by molar-refractivity contribution is 6.01. The number of aliphatic hydroxyl groups excluding tert-OH is 3. The summed E-state index contributed by atoms with van der Waals surface area (Å²) < 4.78 is 6.29. The van der Waals surface area contributed by atoms with Crippen molar-refractivity contribution in [1.82, 2.24) is 15.1 Å². The van der Waals surface area contributed by atoms with Gasteiger partial charge < -0.3 is 36.8 Å². The Morgan fingerprint density at radius 1 is 0.707 bits per heavy atom. The normalized spacial score (nSPS) is 20.0. The van der Waals surface area contributed by atoms with Gasteiger partial charge in [-0.15, -0.1) is 0 Å². The number of nitrogens with two attached hydrogens (primary N) is 2. The number of ether oxygens (including phenoxy) is 1. The number of carbonyl (C=O) groups is 4. The number of hydrogen-bond acceptors (Lipinski definition) is 10. The Labute approximate surface area is 351 Å². The van der Waals surface area contributed by atoms with Gasteiger partial charge in [0.15, 0.2) is 0 Å². The van der Waals surface area contributed by atoms with E-state index in [2.05, 4.69) is 31.3 Å². The van der Waals surface area contributed by atoms with Crippen LogP contribution < -0.4 is 16.8 Å². The third kappa shape index (κ3) is 20.7. The van der Waals surface area contributed by atoms with Crippen LogP contribution in [0.5, 0.6) is 0 Å². The second-order valence-electron chi connectivity index (χ2n) is 16.4. The Morgan fingerprint density at radius 3 is 1.64 bits per heavy atom. The van der Waals surface area contributed by atoms with Gasteiger partial charge in [0.2, 0.25) is 23.6 Å². The van der Waals surface area contributed by atoms with Crippen LogP contribution in [0, 0.1) is 0 Å². The van der Waals surface area contributed by atoms with Gasteiger partial charge in [0, 0.05) is 19.4 Å². The molecule has 13 nitrogen and oxygen atoms in total. The zero-order chi connectivity index (χ0) is 43.0. The topological polar surface area (TPSA) is 209 Å². The second kappa shape index (κ2) is 33.3. The van der Waals surface area contributed by atoms with Gasteiger partial charge in [-0.05, 0) is 45.4 Å². The molecule has 0 unspecified atom stereocenters. The quantitative estimate of drug-likeness (QED) is 0.0233. The number of amides is 4. The molecule has 13 heteroatoms. The molecule has 0 aromatic carbocycles. The van der Waals surface area contributed by atoms with Crippen molar-refractivity contribution in [3.05, 3.63) is 12.2 Å². The molecule has 8 N–H and O–H groups in total. The molecule has 0 aliphatic carbocycles. The van der Waals surface area contributed by atoms with Gasteiger partial charge in [-0.1, -0.05) is 148 Å². The molecule has 1 heterocycles. The summed E-state index contributed by atoms with van der Waals surface area (Å²) >= 11 is 0. The van der Waals surface area contributed by atoms with Gasteiger partial charge >= 0.3 is 0 Å². The highest BCUT2D eigenvalue weighted by Gasteiger charge is 2.58. The molecule has 5 atom stereocenters. The minimum atomic E-state index is -2.22. The zero-order valence-corrected chi connectivity index (χ0v) is 36.8. The van der Waals surface area contributed by atoms with Crippen LogP contribution >= 0.6 is 0 Å². The Bertz CT molecular complexity index is 1140. The van der Waals surface area contributed by atoms with E-state index < -0.39 is 74.0 Å². The fourth-order valence-electron chi connectivity index (χ4n) is 7.81. The summed E-state index contributed by atoms with van der Waals surface area (Å²) in [5.41, 5.74) is 11.3. The minimum Gasteiger partial charge on any atom is -0.394 e. The number of imide groups is 1. The maximum atomic E-state index is 14.4. The average Bonchev–Trinajstić information content (AvgIpc) is 3.21. The van der Waals surface area contributed by atoms with Gasteiger partial charge in [-0.25, -0.2) is 4.90 Å². The molecule has 0 spiro atoms. The zero-order valence-electron chi connectivity index (χ0n) is 36.8. The first-order valence-electron chi connectivity index (χ1n) is 23.2. The van der Waals surface area contributed by atoms with Gasteiger partial charge in [0.1, 0.15) is 18.2 Å². The molecule has 58 heavy (non-hydrogen) atoms. The van der Waals surface area contributed by atoms with E-state index in [1.165, 1.54) is 95.3 Å². The van der Waals surface area contributed by atoms with Crippen LogP contribution in [0.2, 0.25) is 0 Å². The summed E-state index contributed by atoms with van der Waals surface area (Å²) in [6, 6.07) is -1.28. The maximum Gasteiger partial charge on any atom is 0.255 e. The van der Waals surface area contributed by atoms with E-state index in [0.29, 0.717) is 17.7 Å². The lowest BCUT2D eigenvalue weighted by atomic mass is 9.94. The smallest absolute Gasteiger partial charge is 0.255 e. The Balaban J connectivity index is 3.12. The summed E-state index contributed by atoms with van der Waals surface area (Å²) in [7, 11) is 0. The number of allylic oxidation sites excluding steroid dienone is 2. The fraction of sp³-hybridized carbons (Fsp3) is 0.867. The van der Waals surface area contributed by atoms with E-state index in [1.54, 1.807) is 0 Å². The number of hydrogen-bond donors (Lipinski definition) is 6. The predicted molar refractivity (Wildman–Crippen MR) is 231 cm³/mol. The first kappa shape index (κ1) is 53.6. The van der Waals surface area contributed by atoms with E-state index >= 15 is 0 Å². The van der Waals surface area contributed by atoms with Crippen molar-refractivity contribution in [3.63, 3.8) is 0 Å². The number of nitrogens with zero attached hydrogens (tertiary/aromatic N) is 2. The molecule has 1 fully saturated rings. The predicted octanol–water partition coefficient (Wildman–Crippen LogP) is 6.49. The Hall–Kier alpha value is -2.42. The van der Waals surface area contributed by atoms with E-state index in [4.69, 9.17) is 16.2 Å². The Kier molecular flexibility index (Phi) is 30.8. The van der Waals surface area contributed by atoms with Crippen LogP contribution in [0.1, 0.15) is 194 Å². The molecule has 1 aliphatic rings. The van der Waals surface area contributed by atoms with E-state index in [1.807, 2.05) is 0 Å². The van der Waals surface area contributed by atoms with Crippen LogP contribution in [0.25, 0.3) is 0 Å². The fourth-order valence-corrected chi connectivity index (χ4v) is 7.81. The molecule has 0 aromatic rings. The molecule has 1 saturated heterocycles. The van der Waals surface area contributed by atoms with Gasteiger partial charge in [0.05, 0.1) is 25.8 Å². The molecule has 0 aromatic heterocycles. The lowest BCUT2D eigenvalue weighted by Crippen LogP contribution is -2.75. The number of unbranched alkanes of at least 4 members (excludes halogenated alkanes) is 22. The lowest BCUT2D eigenvalue weighted by Gasteiger charge is -2.54. The summed E-state index contributed by atoms with van der Waals surface area (Å²) in [5.74, 6) is -5.09. The van der Waals surface area contributed by atoms with Crippen LogP contribution in [-0.4, -0.2) is 105 Å². The van der Waals surface area contributed by atoms with Crippen molar-refractivity contribution in [2.75, 3.05) is 26.2 Å². The first-order chi connectivity index (χ1) is 28.0. The van der Waals surface area contributed by atoms with E-state index in [0.717, 1.165) is 64.2 Å². The molecular formula is C45H85N5O8. The summed E-state index contributed by atoms with van der Waals surface area (Å²) in [6.45, 7) is 4.12. The number of aliphatic hydroxyl groups is 3. The maximum absolute atomic E-state index is 14.4. The molecule has 0 saturated carbocycles. The summed E-state index contributed by atoms with van der Waals surface area (Å²) in [4.78, 5) is 56.5. The van der Waals surface area contributed by atoms with Crippen molar-refractivity contribution in [2.24, 2.45) is 11.5 Å². The minimum absolute atomic E-state index is 0.0907. The highest BCUT2D eigenvalue weighted by Crippen LogP contribution is 2.38. The van der Waals surface area contributed by atoms with E-state index in [9.17, 15) is 34.5 Å². The van der Waals surface area contributed by atoms with Crippen LogP contribution in [0.15, 0.2) is 12.2 Å². The van der Waals surface area contributed by atoms with Gasteiger partial charge in [-0.2, -0.15) is 0 Å². The molecule has 1 aliphatic heterocycles. The SMILES string of the molecule is CCCCCCCC/C=C\CCCCCCCC(=O)N(CCCCCCCCCCCCCC)[C@@]1(N(C(=O)CN)C(=O)[C@H](C)NC(=O)CN)C[C@@H](O)[C@H](O)[C@@H](CO)O1. The molecule has 338 valence electrons. The van der Waals surface area contributed by atoms with Crippen molar-refractivity contribution in [3.8, 4) is 0 Å². The highest BCUT2D eigenvalue weighted by atomic mass is 16.6. The molecule has 1 rings (SSSR count). The first-order valence-corrected chi connectivity index (χ1v) is 23.2. The van der Waals surface area contributed by atoms with Crippen LogP contribution in [0.3, 0.4) is 0 Å². The number of nitrogens with one attached hydrogen (secondary N) is 1. The van der Waals surface area contributed by atoms with Gasteiger partial charge in [-0.3, -0.25) is 24.1 Å². The third-order valence-electron chi connectivity index (χ3n) is 11.3. The van der Waals surface area contributed by atoms with Crippen molar-refractivity contribution in [2.45, 2.75) is 224 Å². The number of carbonyl (C=O) groups excluding carboxylic acids is 4. The molecule has 4 amide bonds. The standard InChI is InChI=1S/C45H85N5O8/c1-4-6-8-10-12-14-16-18-19-20-21-23-25-27-29-31-41(54)49(32-30-28-26-24-22-17-15-13-11-9-7-5-2)45(33-38(52)43(56)39(36-51)58-45)50(42(55)35-47)44(57)37(3)48-40(53)34-46/h18-19,37-39,43,51-52,56H,4-17,20-36,46-47H2,1-3H3,(H,48,53)/b19-18-/t37-,38+,39+,43-,45+/m0/s1. The Morgan fingerprint density at radius 2 is 1.17 bits per heavy atom. The van der Waals surface area contributed by atoms with Crippen LogP contribution in [0.4, 0.5) is 0 Å². The van der Waals surface area contributed by atoms with Gasteiger partial charge in [0.25, 0.3) is 5.91 Å². The van der Waals surface area contributed by atoms with Crippen molar-refractivity contribution in [1.29, 1.82) is 0 Å². The van der Waals surface area contributed by atoms with E-state index in [-0.39, 0.29) is 18.9 Å². The summed E-state index contributed by atoms with van der Waals surface area (Å²) in [6.07, 6.45) is 27.1. The molecule has 0 bridgehead atoms. The largest absolute Gasteiger partial charge is 0.394 e. The molecular weight excluding hydrogens is 739 g/mol. The van der Waals surface area contributed by atoms with Crippen LogP contribution in [-0.2, 0) is 23.9 Å². The second-order valence-corrected chi connectivity index (χ2v) is 16.4. The third-order valence-corrected chi connectivity index (χ3v) is 11.3. The number of rotatable bonds is 35. The monoisotopic (exact) mass is 824 g/mol. The van der Waals surface area contributed by atoms with Crippen molar-refractivity contribution >= 4 is 23.6 Å². The van der Waals surface area contributed by atoms with Crippen molar-refractivity contribution < 1.29 is 39.2 Å². The lowest BCUT2D eigenvalue weighted by molar-refractivity contribution is -0.312. The molecule has 0 radical (unpaired) electrons.